The van der Waals surface area contributed by atoms with Gasteiger partial charge in [0.05, 0.1) is 0 Å². The topological polar surface area (TPSA) is 0 Å². The zero-order valence-electron chi connectivity index (χ0n) is 12.9. The van der Waals surface area contributed by atoms with Crippen LogP contribution in [0.2, 0.25) is 0 Å². The molecule has 0 nitrogen and oxygen atoms in total. The van der Waals surface area contributed by atoms with Gasteiger partial charge in [0.15, 0.2) is 0 Å². The molecule has 1 radical (unpaired) electrons. The minimum absolute atomic E-state index is 0.505. The van der Waals surface area contributed by atoms with E-state index < -0.39 is 0 Å². The highest BCUT2D eigenvalue weighted by Gasteiger charge is 2.34. The Morgan fingerprint density at radius 2 is 1.55 bits per heavy atom. The Morgan fingerprint density at radius 3 is 2.25 bits per heavy atom. The quantitative estimate of drug-likeness (QED) is 0.624. The molecule has 20 heavy (non-hydrogen) atoms. The molecule has 2 aliphatic rings. The van der Waals surface area contributed by atoms with Gasteiger partial charge >= 0.3 is 0 Å². The van der Waals surface area contributed by atoms with Crippen molar-refractivity contribution in [3.8, 4) is 0 Å². The third kappa shape index (κ3) is 3.27. The molecule has 1 aromatic carbocycles. The molecule has 0 saturated heterocycles. The van der Waals surface area contributed by atoms with Crippen LogP contribution < -0.4 is 0 Å². The van der Waals surface area contributed by atoms with Crippen LogP contribution in [0, 0.1) is 12.0 Å². The minimum Gasteiger partial charge on any atom is -0.0579 e. The lowest BCUT2D eigenvalue weighted by molar-refractivity contribution is 0.232. The van der Waals surface area contributed by atoms with Crippen LogP contribution in [0.5, 0.6) is 0 Å². The molecule has 2 saturated carbocycles. The van der Waals surface area contributed by atoms with Crippen LogP contribution in [0.25, 0.3) is 0 Å². The van der Waals surface area contributed by atoms with Crippen molar-refractivity contribution in [2.75, 3.05) is 0 Å². The van der Waals surface area contributed by atoms with Gasteiger partial charge in [-0.05, 0) is 48.6 Å². The Bertz CT molecular complexity index is 380. The van der Waals surface area contributed by atoms with Crippen LogP contribution in [-0.4, -0.2) is 0 Å². The van der Waals surface area contributed by atoms with Gasteiger partial charge < -0.3 is 0 Å². The van der Waals surface area contributed by atoms with E-state index in [9.17, 15) is 0 Å². The first-order chi connectivity index (χ1) is 9.89. The molecule has 0 N–H and O–H groups in total. The molecular formula is C20H29. The van der Waals surface area contributed by atoms with E-state index in [1.54, 1.807) is 5.56 Å². The zero-order chi connectivity index (χ0) is 13.7. The van der Waals surface area contributed by atoms with Gasteiger partial charge in [0, 0.05) is 0 Å². The van der Waals surface area contributed by atoms with Gasteiger partial charge in [-0.2, -0.15) is 0 Å². The summed E-state index contributed by atoms with van der Waals surface area (Å²) in [6.45, 7) is 0. The summed E-state index contributed by atoms with van der Waals surface area (Å²) in [6.07, 6.45) is 17.5. The molecular weight excluding hydrogens is 240 g/mol. The fraction of sp³-hybridized carbons (Fsp3) is 0.700. The average Bonchev–Trinajstić information content (AvgIpc) is 2.56. The molecule has 0 spiro atoms. The standard InChI is InChI=1S/C20H29/c1-4-10-18(11-5-1)14-17-20(15-8-3-9-16-20)19-12-6-2-7-13-19/h6-7,12-13,18H,1,3-5,8-11,14-17H2. The molecule has 0 bridgehead atoms. The number of hydrogen-bond donors (Lipinski definition) is 0. The predicted octanol–water partition coefficient (Wildman–Crippen LogP) is 6.05. The summed E-state index contributed by atoms with van der Waals surface area (Å²) >= 11 is 0. The number of rotatable bonds is 4. The van der Waals surface area contributed by atoms with Crippen molar-refractivity contribution in [1.82, 2.24) is 0 Å². The minimum atomic E-state index is 0.505. The first kappa shape index (κ1) is 14.2. The Hall–Kier alpha value is -0.780. The molecule has 2 aliphatic carbocycles. The smallest absolute Gasteiger partial charge is 0.00469 e. The number of benzene rings is 1. The molecule has 2 fully saturated rings. The van der Waals surface area contributed by atoms with Gasteiger partial charge in [0.2, 0.25) is 0 Å². The Kier molecular flexibility index (Phi) is 4.81. The largest absolute Gasteiger partial charge is 0.0579 e. The van der Waals surface area contributed by atoms with Crippen molar-refractivity contribution in [2.45, 2.75) is 82.5 Å². The Labute approximate surface area is 125 Å². The van der Waals surface area contributed by atoms with Crippen LogP contribution >= 0.6 is 0 Å². The second-order valence-corrected chi connectivity index (χ2v) is 7.17. The van der Waals surface area contributed by atoms with Crippen LogP contribution in [0.4, 0.5) is 0 Å². The Balaban J connectivity index is 1.69. The molecule has 0 amide bonds. The summed E-state index contributed by atoms with van der Waals surface area (Å²) in [6, 6.07) is 12.1. The van der Waals surface area contributed by atoms with E-state index in [2.05, 4.69) is 30.3 Å². The maximum atomic E-state index is 3.19. The predicted molar refractivity (Wildman–Crippen MR) is 85.9 cm³/mol. The molecule has 0 heterocycles. The van der Waals surface area contributed by atoms with Gasteiger partial charge in [-0.3, -0.25) is 0 Å². The SMILES string of the molecule is [c]1ccc(C2(CCC3CCCCC3)CCCCC2)cc1. The first-order valence-electron chi connectivity index (χ1n) is 8.86. The van der Waals surface area contributed by atoms with E-state index in [0.29, 0.717) is 5.41 Å². The molecule has 0 aliphatic heterocycles. The summed E-state index contributed by atoms with van der Waals surface area (Å²) in [7, 11) is 0. The highest BCUT2D eigenvalue weighted by Crippen LogP contribution is 2.44. The van der Waals surface area contributed by atoms with E-state index in [1.165, 1.54) is 77.0 Å². The molecule has 0 aromatic heterocycles. The van der Waals surface area contributed by atoms with Crippen molar-refractivity contribution in [2.24, 2.45) is 5.92 Å². The normalized spacial score (nSPS) is 23.6. The van der Waals surface area contributed by atoms with Crippen molar-refractivity contribution in [3.63, 3.8) is 0 Å². The summed E-state index contributed by atoms with van der Waals surface area (Å²) in [5.41, 5.74) is 2.11. The van der Waals surface area contributed by atoms with Crippen LogP contribution in [0.3, 0.4) is 0 Å². The van der Waals surface area contributed by atoms with Crippen molar-refractivity contribution < 1.29 is 0 Å². The second kappa shape index (κ2) is 6.78. The van der Waals surface area contributed by atoms with Gasteiger partial charge in [-0.1, -0.05) is 75.6 Å². The van der Waals surface area contributed by atoms with Gasteiger partial charge in [0.25, 0.3) is 0 Å². The fourth-order valence-corrected chi connectivity index (χ4v) is 4.61. The molecule has 3 rings (SSSR count). The van der Waals surface area contributed by atoms with E-state index >= 15 is 0 Å². The molecule has 1 aromatic rings. The third-order valence-electron chi connectivity index (χ3n) is 5.90. The maximum absolute atomic E-state index is 3.19. The summed E-state index contributed by atoms with van der Waals surface area (Å²) in [5.74, 6) is 1.03. The summed E-state index contributed by atoms with van der Waals surface area (Å²) < 4.78 is 0. The van der Waals surface area contributed by atoms with E-state index in [-0.39, 0.29) is 0 Å². The average molecular weight is 269 g/mol. The fourth-order valence-electron chi connectivity index (χ4n) is 4.61. The monoisotopic (exact) mass is 269 g/mol. The highest BCUT2D eigenvalue weighted by atomic mass is 14.4. The molecule has 0 unspecified atom stereocenters. The van der Waals surface area contributed by atoms with Gasteiger partial charge in [-0.25, -0.2) is 0 Å². The summed E-state index contributed by atoms with van der Waals surface area (Å²) in [5, 5.41) is 0. The number of hydrogen-bond acceptors (Lipinski definition) is 0. The van der Waals surface area contributed by atoms with Gasteiger partial charge in [0.1, 0.15) is 0 Å². The van der Waals surface area contributed by atoms with Crippen LogP contribution in [0.1, 0.15) is 82.6 Å². The van der Waals surface area contributed by atoms with E-state index in [1.807, 2.05) is 0 Å². The van der Waals surface area contributed by atoms with Crippen molar-refractivity contribution in [1.29, 1.82) is 0 Å². The Morgan fingerprint density at radius 1 is 0.900 bits per heavy atom. The van der Waals surface area contributed by atoms with Crippen molar-refractivity contribution in [3.05, 3.63) is 35.9 Å². The van der Waals surface area contributed by atoms with Crippen LogP contribution in [-0.2, 0) is 5.41 Å². The van der Waals surface area contributed by atoms with E-state index in [4.69, 9.17) is 0 Å². The lowest BCUT2D eigenvalue weighted by atomic mass is 9.65. The molecule has 109 valence electrons. The lowest BCUT2D eigenvalue weighted by Crippen LogP contribution is -2.30. The van der Waals surface area contributed by atoms with Crippen LogP contribution in [0.15, 0.2) is 24.3 Å². The summed E-state index contributed by atoms with van der Waals surface area (Å²) in [4.78, 5) is 0. The van der Waals surface area contributed by atoms with E-state index in [0.717, 1.165) is 5.92 Å². The first-order valence-corrected chi connectivity index (χ1v) is 8.86. The lowest BCUT2D eigenvalue weighted by Gasteiger charge is -2.39. The highest BCUT2D eigenvalue weighted by molar-refractivity contribution is 5.25. The molecule has 0 atom stereocenters. The molecule has 0 heteroatoms. The zero-order valence-corrected chi connectivity index (χ0v) is 12.9. The second-order valence-electron chi connectivity index (χ2n) is 7.17. The third-order valence-corrected chi connectivity index (χ3v) is 5.90. The van der Waals surface area contributed by atoms with Crippen molar-refractivity contribution >= 4 is 0 Å². The van der Waals surface area contributed by atoms with Gasteiger partial charge in [-0.15, -0.1) is 0 Å². The maximum Gasteiger partial charge on any atom is -0.00469 e.